The summed E-state index contributed by atoms with van der Waals surface area (Å²) >= 11 is 0. The van der Waals surface area contributed by atoms with Gasteiger partial charge in [0.25, 0.3) is 0 Å². The SMILES string of the molecule is [B]C(=C)O[B]C(=C)N. The number of nitrogens with two attached hydrogens (primary N) is 1. The van der Waals surface area contributed by atoms with E-state index in [0.29, 0.717) is 5.60 Å². The van der Waals surface area contributed by atoms with Crippen LogP contribution in [-0.2, 0) is 4.65 Å². The molecule has 0 amide bonds. The van der Waals surface area contributed by atoms with Crippen molar-refractivity contribution in [1.29, 1.82) is 0 Å². The molecule has 39 valence electrons. The topological polar surface area (TPSA) is 35.2 Å². The summed E-state index contributed by atoms with van der Waals surface area (Å²) in [6.07, 6.45) is 0. The summed E-state index contributed by atoms with van der Waals surface area (Å²) in [6.45, 7) is 6.58. The Morgan fingerprint density at radius 3 is 2.25 bits per heavy atom. The van der Waals surface area contributed by atoms with Crippen LogP contribution in [0.5, 0.6) is 0 Å². The van der Waals surface area contributed by atoms with Crippen molar-refractivity contribution in [2.24, 2.45) is 5.73 Å². The molecule has 0 aromatic carbocycles. The van der Waals surface area contributed by atoms with Crippen molar-refractivity contribution in [3.63, 3.8) is 0 Å². The summed E-state index contributed by atoms with van der Waals surface area (Å²) in [4.78, 5) is 0. The second-order valence-corrected chi connectivity index (χ2v) is 1.28. The summed E-state index contributed by atoms with van der Waals surface area (Å²) < 4.78 is 4.54. The summed E-state index contributed by atoms with van der Waals surface area (Å²) in [5.74, 6) is 0. The normalized spacial score (nSPS) is 7.50. The lowest BCUT2D eigenvalue weighted by Gasteiger charge is -2.00. The minimum atomic E-state index is 0.108. The Bertz CT molecular complexity index is 98.6. The second kappa shape index (κ2) is 3.24. The Morgan fingerprint density at radius 1 is 1.62 bits per heavy atom. The number of rotatable bonds is 3. The molecule has 0 aliphatic rings. The fraction of sp³-hybridized carbons (Fsp3) is 0. The van der Waals surface area contributed by atoms with E-state index >= 15 is 0 Å². The molecule has 0 bridgehead atoms. The molecule has 0 unspecified atom stereocenters. The highest BCUT2D eigenvalue weighted by atomic mass is 16.4. The molecule has 2 N–H and O–H groups in total. The van der Waals surface area contributed by atoms with Gasteiger partial charge in [0.15, 0.2) is 7.85 Å². The van der Waals surface area contributed by atoms with Gasteiger partial charge in [-0.25, -0.2) is 0 Å². The van der Waals surface area contributed by atoms with Gasteiger partial charge >= 0.3 is 7.48 Å². The summed E-state index contributed by atoms with van der Waals surface area (Å²) in [5.41, 5.74) is 5.49. The number of hydrogen-bond donors (Lipinski definition) is 1. The Labute approximate surface area is 51.1 Å². The summed E-state index contributed by atoms with van der Waals surface area (Å²) in [7, 11) is 6.22. The molecule has 3 radical (unpaired) electrons. The lowest BCUT2D eigenvalue weighted by atomic mass is 9.95. The first-order valence-corrected chi connectivity index (χ1v) is 2.01. The molecule has 0 atom stereocenters. The molecule has 0 aliphatic carbocycles. The average molecular weight is 106 g/mol. The van der Waals surface area contributed by atoms with E-state index in [2.05, 4.69) is 17.8 Å². The van der Waals surface area contributed by atoms with Crippen molar-refractivity contribution in [2.75, 3.05) is 0 Å². The van der Waals surface area contributed by atoms with Crippen LogP contribution in [0, 0.1) is 0 Å². The van der Waals surface area contributed by atoms with E-state index in [1.807, 2.05) is 0 Å². The van der Waals surface area contributed by atoms with Crippen LogP contribution in [0.4, 0.5) is 0 Å². The molecular weight excluding hydrogens is 99.7 g/mol. The molecule has 2 nitrogen and oxygen atoms in total. The standard InChI is InChI=1S/C4H6B2NO/c1-3(5)8-6-4(2)7/h1-2,7H2. The zero-order valence-electron chi connectivity index (χ0n) is 4.55. The summed E-state index contributed by atoms with van der Waals surface area (Å²) in [6, 6.07) is 0. The summed E-state index contributed by atoms with van der Waals surface area (Å²) in [5, 5.41) is 0. The van der Waals surface area contributed by atoms with Crippen molar-refractivity contribution in [3.05, 3.63) is 24.4 Å². The van der Waals surface area contributed by atoms with Gasteiger partial charge in [0, 0.05) is 11.3 Å². The average Bonchev–Trinajstić information content (AvgIpc) is 1.61. The maximum Gasteiger partial charge on any atom is 0.424 e. The van der Waals surface area contributed by atoms with Gasteiger partial charge in [-0.1, -0.05) is 13.2 Å². The molecule has 0 aliphatic heterocycles. The fourth-order valence-corrected chi connectivity index (χ4v) is 0.151. The van der Waals surface area contributed by atoms with Crippen LogP contribution in [0.2, 0.25) is 0 Å². The molecule has 0 aromatic heterocycles. The van der Waals surface area contributed by atoms with Gasteiger partial charge in [0.1, 0.15) is 0 Å². The third-order valence-electron chi connectivity index (χ3n) is 0.362. The van der Waals surface area contributed by atoms with Gasteiger partial charge in [-0.15, -0.1) is 0 Å². The molecule has 8 heavy (non-hydrogen) atoms. The van der Waals surface area contributed by atoms with Gasteiger partial charge in [0.2, 0.25) is 0 Å². The van der Waals surface area contributed by atoms with Gasteiger partial charge in [-0.3, -0.25) is 0 Å². The molecule has 0 saturated carbocycles. The van der Waals surface area contributed by atoms with Crippen LogP contribution >= 0.6 is 0 Å². The van der Waals surface area contributed by atoms with Crippen LogP contribution in [-0.4, -0.2) is 15.3 Å². The lowest BCUT2D eigenvalue weighted by Crippen LogP contribution is -2.08. The Balaban J connectivity index is 3.18. The minimum absolute atomic E-state index is 0.108. The predicted octanol–water partition coefficient (Wildman–Crippen LogP) is -0.308. The highest BCUT2D eigenvalue weighted by Crippen LogP contribution is 1.83. The van der Waals surface area contributed by atoms with Gasteiger partial charge in [-0.05, 0) is 0 Å². The Hall–Kier alpha value is -0.790. The molecule has 4 heteroatoms. The monoisotopic (exact) mass is 106 g/mol. The van der Waals surface area contributed by atoms with E-state index < -0.39 is 0 Å². The number of hydrogen-bond acceptors (Lipinski definition) is 2. The molecule has 0 saturated heterocycles. The Kier molecular flexibility index (Phi) is 2.92. The maximum atomic E-state index is 5.07. The van der Waals surface area contributed by atoms with Gasteiger partial charge in [0.05, 0.1) is 0 Å². The predicted molar refractivity (Wildman–Crippen MR) is 35.1 cm³/mol. The van der Waals surface area contributed by atoms with Crippen molar-refractivity contribution in [3.8, 4) is 0 Å². The largest absolute Gasteiger partial charge is 0.569 e. The van der Waals surface area contributed by atoms with Crippen LogP contribution in [0.3, 0.4) is 0 Å². The van der Waals surface area contributed by atoms with E-state index in [1.165, 1.54) is 7.48 Å². The minimum Gasteiger partial charge on any atom is -0.569 e. The van der Waals surface area contributed by atoms with Crippen LogP contribution in [0.25, 0.3) is 0 Å². The molecule has 0 heterocycles. The first kappa shape index (κ1) is 7.21. The third-order valence-corrected chi connectivity index (χ3v) is 0.362. The molecular formula is C4H6B2NO. The first-order valence-electron chi connectivity index (χ1n) is 2.01. The van der Waals surface area contributed by atoms with Crippen molar-refractivity contribution >= 4 is 15.3 Å². The molecule has 0 fully saturated rings. The van der Waals surface area contributed by atoms with Crippen molar-refractivity contribution in [2.45, 2.75) is 0 Å². The first-order chi connectivity index (χ1) is 3.63. The van der Waals surface area contributed by atoms with E-state index in [1.54, 1.807) is 0 Å². The maximum absolute atomic E-state index is 5.07. The van der Waals surface area contributed by atoms with Crippen molar-refractivity contribution in [1.82, 2.24) is 0 Å². The van der Waals surface area contributed by atoms with Crippen LogP contribution in [0.15, 0.2) is 24.4 Å². The highest BCUT2D eigenvalue weighted by molar-refractivity contribution is 6.39. The van der Waals surface area contributed by atoms with E-state index in [0.717, 1.165) is 0 Å². The van der Waals surface area contributed by atoms with E-state index in [4.69, 9.17) is 13.6 Å². The van der Waals surface area contributed by atoms with Gasteiger partial charge < -0.3 is 10.4 Å². The fourth-order valence-electron chi connectivity index (χ4n) is 0.151. The Morgan fingerprint density at radius 2 is 2.12 bits per heavy atom. The van der Waals surface area contributed by atoms with Gasteiger partial charge in [-0.2, -0.15) is 0 Å². The van der Waals surface area contributed by atoms with E-state index in [9.17, 15) is 0 Å². The zero-order valence-corrected chi connectivity index (χ0v) is 4.55. The highest BCUT2D eigenvalue weighted by Gasteiger charge is 1.91. The third kappa shape index (κ3) is 5.21. The quantitative estimate of drug-likeness (QED) is 0.395. The van der Waals surface area contributed by atoms with Crippen molar-refractivity contribution < 1.29 is 4.65 Å². The van der Waals surface area contributed by atoms with Crippen LogP contribution < -0.4 is 5.73 Å². The molecule has 0 spiro atoms. The smallest absolute Gasteiger partial charge is 0.424 e. The van der Waals surface area contributed by atoms with E-state index in [-0.39, 0.29) is 5.66 Å². The lowest BCUT2D eigenvalue weighted by molar-refractivity contribution is 0.501. The molecule has 0 aromatic rings. The molecule has 0 rings (SSSR count). The zero-order chi connectivity index (χ0) is 6.57. The second-order valence-electron chi connectivity index (χ2n) is 1.28. The van der Waals surface area contributed by atoms with Crippen LogP contribution in [0.1, 0.15) is 0 Å².